The number of nitrogens with one attached hydrogen (secondary N) is 1. The lowest BCUT2D eigenvalue weighted by Crippen LogP contribution is -2.17. The van der Waals surface area contributed by atoms with E-state index in [9.17, 15) is 9.59 Å². The number of carboxylic acids is 1. The average molecular weight is 207 g/mol. The van der Waals surface area contributed by atoms with Crippen molar-refractivity contribution in [3.8, 4) is 0 Å². The lowest BCUT2D eigenvalue weighted by atomic mass is 10.1. The van der Waals surface area contributed by atoms with Crippen LogP contribution in [0, 0.1) is 0 Å². The third-order valence-corrected chi connectivity index (χ3v) is 2.04. The van der Waals surface area contributed by atoms with Crippen LogP contribution < -0.4 is 5.32 Å². The van der Waals surface area contributed by atoms with Crippen molar-refractivity contribution < 1.29 is 14.7 Å². The predicted molar refractivity (Wildman–Crippen MR) is 55.8 cm³/mol. The molecule has 0 aliphatic heterocycles. The first-order chi connectivity index (χ1) is 7.13. The monoisotopic (exact) mass is 207 g/mol. The van der Waals surface area contributed by atoms with E-state index in [1.165, 1.54) is 0 Å². The van der Waals surface area contributed by atoms with E-state index in [1.807, 2.05) is 6.07 Å². The molecule has 0 fully saturated rings. The highest BCUT2D eigenvalue weighted by atomic mass is 16.4. The molecule has 80 valence electrons. The molecule has 1 aromatic carbocycles. The fourth-order valence-electron chi connectivity index (χ4n) is 1.26. The second-order valence-corrected chi connectivity index (χ2v) is 3.17. The van der Waals surface area contributed by atoms with Crippen LogP contribution >= 0.6 is 0 Å². The van der Waals surface area contributed by atoms with Crippen molar-refractivity contribution in [3.63, 3.8) is 0 Å². The number of carboxylic acid groups (broad SMARTS) is 1. The lowest BCUT2D eigenvalue weighted by molar-refractivity contribution is -0.136. The quantitative estimate of drug-likeness (QED) is 0.775. The second kappa shape index (κ2) is 5.14. The molecular weight excluding hydrogens is 194 g/mol. The Kier molecular flexibility index (Phi) is 3.85. The number of carbonyl (C=O) groups excluding carboxylic acids is 1. The van der Waals surface area contributed by atoms with Crippen molar-refractivity contribution in [2.75, 3.05) is 7.05 Å². The van der Waals surface area contributed by atoms with Crippen molar-refractivity contribution in [1.82, 2.24) is 5.32 Å². The largest absolute Gasteiger partial charge is 0.481 e. The number of aryl methyl sites for hydroxylation is 1. The number of benzene rings is 1. The van der Waals surface area contributed by atoms with Gasteiger partial charge in [0.25, 0.3) is 5.91 Å². The van der Waals surface area contributed by atoms with Crippen LogP contribution in [0.1, 0.15) is 22.3 Å². The summed E-state index contributed by atoms with van der Waals surface area (Å²) in [5.41, 5.74) is 1.42. The average Bonchev–Trinajstić information content (AvgIpc) is 2.25. The molecule has 15 heavy (non-hydrogen) atoms. The molecule has 0 saturated heterocycles. The molecule has 0 saturated carbocycles. The van der Waals surface area contributed by atoms with Crippen LogP contribution in [-0.4, -0.2) is 24.0 Å². The van der Waals surface area contributed by atoms with Crippen molar-refractivity contribution in [3.05, 3.63) is 35.4 Å². The van der Waals surface area contributed by atoms with E-state index < -0.39 is 5.97 Å². The lowest BCUT2D eigenvalue weighted by Gasteiger charge is -2.02. The zero-order chi connectivity index (χ0) is 11.3. The summed E-state index contributed by atoms with van der Waals surface area (Å²) in [4.78, 5) is 21.6. The summed E-state index contributed by atoms with van der Waals surface area (Å²) in [6.07, 6.45) is 0.525. The molecule has 0 atom stereocenters. The van der Waals surface area contributed by atoms with E-state index in [0.717, 1.165) is 5.56 Å². The van der Waals surface area contributed by atoms with Crippen molar-refractivity contribution in [1.29, 1.82) is 0 Å². The zero-order valence-corrected chi connectivity index (χ0v) is 8.49. The van der Waals surface area contributed by atoms with Gasteiger partial charge in [0, 0.05) is 19.0 Å². The third kappa shape index (κ3) is 3.42. The Balaban J connectivity index is 2.74. The molecule has 0 heterocycles. The van der Waals surface area contributed by atoms with E-state index in [-0.39, 0.29) is 12.3 Å². The van der Waals surface area contributed by atoms with E-state index in [0.29, 0.717) is 12.0 Å². The number of carbonyl (C=O) groups is 2. The Hall–Kier alpha value is -1.84. The highest BCUT2D eigenvalue weighted by Crippen LogP contribution is 2.07. The summed E-state index contributed by atoms with van der Waals surface area (Å²) >= 11 is 0. The normalized spacial score (nSPS) is 9.67. The molecule has 1 amide bonds. The molecule has 1 rings (SSSR count). The molecular formula is C11H13NO3. The molecule has 4 nitrogen and oxygen atoms in total. The van der Waals surface area contributed by atoms with Gasteiger partial charge in [-0.25, -0.2) is 0 Å². The number of rotatable bonds is 4. The first-order valence-corrected chi connectivity index (χ1v) is 4.66. The Morgan fingerprint density at radius 2 is 2.13 bits per heavy atom. The van der Waals surface area contributed by atoms with Gasteiger partial charge in [0.15, 0.2) is 0 Å². The van der Waals surface area contributed by atoms with Crippen LogP contribution in [0.4, 0.5) is 0 Å². The van der Waals surface area contributed by atoms with Gasteiger partial charge in [-0.3, -0.25) is 9.59 Å². The highest BCUT2D eigenvalue weighted by Gasteiger charge is 2.04. The molecule has 0 unspecified atom stereocenters. The molecule has 0 bridgehead atoms. The number of aliphatic carboxylic acids is 1. The summed E-state index contributed by atoms with van der Waals surface area (Å²) in [6, 6.07) is 6.97. The van der Waals surface area contributed by atoms with Crippen LogP contribution in [-0.2, 0) is 11.2 Å². The maximum absolute atomic E-state index is 11.3. The molecule has 0 aliphatic carbocycles. The number of amides is 1. The van der Waals surface area contributed by atoms with Crippen LogP contribution in [0.25, 0.3) is 0 Å². The number of hydrogen-bond acceptors (Lipinski definition) is 2. The van der Waals surface area contributed by atoms with Crippen LogP contribution in [0.3, 0.4) is 0 Å². The minimum Gasteiger partial charge on any atom is -0.481 e. The van der Waals surface area contributed by atoms with E-state index in [4.69, 9.17) is 5.11 Å². The SMILES string of the molecule is CNC(=O)c1cccc(CCC(=O)O)c1. The topological polar surface area (TPSA) is 66.4 Å². The van der Waals surface area contributed by atoms with Crippen LogP contribution in [0.5, 0.6) is 0 Å². The minimum absolute atomic E-state index is 0.0806. The van der Waals surface area contributed by atoms with Gasteiger partial charge in [0.2, 0.25) is 0 Å². The van der Waals surface area contributed by atoms with E-state index >= 15 is 0 Å². The van der Waals surface area contributed by atoms with Crippen LogP contribution in [0.2, 0.25) is 0 Å². The first kappa shape index (κ1) is 11.2. The van der Waals surface area contributed by atoms with Gasteiger partial charge in [0.05, 0.1) is 0 Å². The van der Waals surface area contributed by atoms with Gasteiger partial charge in [-0.15, -0.1) is 0 Å². The van der Waals surface area contributed by atoms with Gasteiger partial charge in [0.1, 0.15) is 0 Å². The van der Waals surface area contributed by atoms with Crippen molar-refractivity contribution >= 4 is 11.9 Å². The second-order valence-electron chi connectivity index (χ2n) is 3.17. The fourth-order valence-corrected chi connectivity index (χ4v) is 1.26. The zero-order valence-electron chi connectivity index (χ0n) is 8.49. The first-order valence-electron chi connectivity index (χ1n) is 4.66. The van der Waals surface area contributed by atoms with Crippen molar-refractivity contribution in [2.45, 2.75) is 12.8 Å². The summed E-state index contributed by atoms with van der Waals surface area (Å²) in [5, 5.41) is 11.0. The Bertz CT molecular complexity index is 374. The standard InChI is InChI=1S/C11H13NO3/c1-12-11(15)9-4-2-3-8(7-9)5-6-10(13)14/h2-4,7H,5-6H2,1H3,(H,12,15)(H,13,14). The molecule has 0 radical (unpaired) electrons. The molecule has 0 aliphatic rings. The summed E-state index contributed by atoms with van der Waals surface area (Å²) in [7, 11) is 1.56. The van der Waals surface area contributed by atoms with Gasteiger partial charge in [-0.05, 0) is 24.1 Å². The van der Waals surface area contributed by atoms with Gasteiger partial charge >= 0.3 is 5.97 Å². The maximum Gasteiger partial charge on any atom is 0.303 e. The van der Waals surface area contributed by atoms with Gasteiger partial charge in [-0.2, -0.15) is 0 Å². The maximum atomic E-state index is 11.3. The van der Waals surface area contributed by atoms with Crippen molar-refractivity contribution in [2.24, 2.45) is 0 Å². The fraction of sp³-hybridized carbons (Fsp3) is 0.273. The molecule has 0 spiro atoms. The molecule has 4 heteroatoms. The summed E-state index contributed by atoms with van der Waals surface area (Å²) in [5.74, 6) is -0.993. The molecule has 0 aromatic heterocycles. The highest BCUT2D eigenvalue weighted by molar-refractivity contribution is 5.94. The Morgan fingerprint density at radius 1 is 1.40 bits per heavy atom. The summed E-state index contributed by atoms with van der Waals surface area (Å²) < 4.78 is 0. The van der Waals surface area contributed by atoms with Gasteiger partial charge < -0.3 is 10.4 Å². The summed E-state index contributed by atoms with van der Waals surface area (Å²) in [6.45, 7) is 0. The third-order valence-electron chi connectivity index (χ3n) is 2.04. The van der Waals surface area contributed by atoms with E-state index in [1.54, 1.807) is 25.2 Å². The van der Waals surface area contributed by atoms with Crippen LogP contribution in [0.15, 0.2) is 24.3 Å². The Labute approximate surface area is 87.9 Å². The molecule has 1 aromatic rings. The van der Waals surface area contributed by atoms with E-state index in [2.05, 4.69) is 5.32 Å². The molecule has 2 N–H and O–H groups in total. The number of hydrogen-bond donors (Lipinski definition) is 2. The Morgan fingerprint density at radius 3 is 2.73 bits per heavy atom. The predicted octanol–water partition coefficient (Wildman–Crippen LogP) is 1.06. The smallest absolute Gasteiger partial charge is 0.303 e. The minimum atomic E-state index is -0.833. The van der Waals surface area contributed by atoms with Gasteiger partial charge in [-0.1, -0.05) is 12.1 Å².